The third kappa shape index (κ3) is 6.72. The maximum Gasteiger partial charge on any atom is 0.416 e. The number of halogens is 3. The number of nitrogens with zero attached hydrogens (tertiary/aromatic N) is 4. The molecule has 1 amide bonds. The van der Waals surface area contributed by atoms with Crippen LogP contribution < -0.4 is 20.7 Å². The minimum Gasteiger partial charge on any atom is -0.486 e. The summed E-state index contributed by atoms with van der Waals surface area (Å²) in [6.45, 7) is 11.9. The lowest BCUT2D eigenvalue weighted by atomic mass is 9.84. The molecule has 2 saturated heterocycles. The predicted molar refractivity (Wildman–Crippen MR) is 162 cm³/mol. The van der Waals surface area contributed by atoms with E-state index in [1.165, 1.54) is 11.0 Å². The molecule has 2 unspecified atom stereocenters. The van der Waals surface area contributed by atoms with Crippen LogP contribution in [-0.4, -0.2) is 71.1 Å². The molecule has 0 saturated carbocycles. The van der Waals surface area contributed by atoms with E-state index in [-0.39, 0.29) is 23.2 Å². The van der Waals surface area contributed by atoms with Gasteiger partial charge in [0.2, 0.25) is 0 Å². The second kappa shape index (κ2) is 11.8. The van der Waals surface area contributed by atoms with Gasteiger partial charge in [-0.25, -0.2) is 14.8 Å². The van der Waals surface area contributed by atoms with Crippen LogP contribution in [0.15, 0.2) is 30.3 Å². The van der Waals surface area contributed by atoms with E-state index < -0.39 is 23.9 Å². The summed E-state index contributed by atoms with van der Waals surface area (Å²) in [6, 6.07) is 6.45. The quantitative estimate of drug-likeness (QED) is 0.282. The SMILES string of the molecule is Cc1nc(N[C@H](C)c2cc(N)cc(C(F)(F)F)c2)c2cc(OC3CCOC3)c(N3CCN(C(=O)O)C(C(C)(C)C)C3)cc2n1. The third-order valence-corrected chi connectivity index (χ3v) is 8.19. The van der Waals surface area contributed by atoms with Gasteiger partial charge in [0.1, 0.15) is 23.5 Å². The minimum absolute atomic E-state index is 0.0165. The van der Waals surface area contributed by atoms with Crippen LogP contribution in [0.1, 0.15) is 57.1 Å². The average molecular weight is 617 g/mol. The van der Waals surface area contributed by atoms with Crippen molar-refractivity contribution >= 4 is 34.2 Å². The number of nitrogens with one attached hydrogen (secondary N) is 1. The van der Waals surface area contributed by atoms with Gasteiger partial charge in [-0.1, -0.05) is 20.8 Å². The summed E-state index contributed by atoms with van der Waals surface area (Å²) in [5.74, 6) is 1.50. The molecule has 10 nitrogen and oxygen atoms in total. The third-order valence-electron chi connectivity index (χ3n) is 8.19. The topological polar surface area (TPSA) is 126 Å². The number of ether oxygens (including phenoxy) is 2. The van der Waals surface area contributed by atoms with Gasteiger partial charge < -0.3 is 35.4 Å². The number of aromatic nitrogens is 2. The molecule has 0 bridgehead atoms. The number of anilines is 3. The normalized spacial score (nSPS) is 20.2. The highest BCUT2D eigenvalue weighted by Gasteiger charge is 2.39. The predicted octanol–water partition coefficient (Wildman–Crippen LogP) is 6.09. The molecule has 2 aliphatic rings. The molecule has 3 heterocycles. The van der Waals surface area contributed by atoms with Crippen molar-refractivity contribution in [1.29, 1.82) is 0 Å². The molecule has 0 radical (unpaired) electrons. The lowest BCUT2D eigenvalue weighted by Gasteiger charge is -2.47. The maximum atomic E-state index is 13.5. The van der Waals surface area contributed by atoms with Crippen LogP contribution in [0.5, 0.6) is 5.75 Å². The fraction of sp³-hybridized carbons (Fsp3) is 0.516. The fourth-order valence-corrected chi connectivity index (χ4v) is 5.85. The highest BCUT2D eigenvalue weighted by atomic mass is 19.4. The first-order chi connectivity index (χ1) is 20.6. The van der Waals surface area contributed by atoms with E-state index in [0.717, 1.165) is 24.2 Å². The van der Waals surface area contributed by atoms with Gasteiger partial charge in [-0.2, -0.15) is 13.2 Å². The highest BCUT2D eigenvalue weighted by Crippen LogP contribution is 2.40. The first-order valence-electron chi connectivity index (χ1n) is 14.7. The molecule has 3 aromatic rings. The molecule has 2 fully saturated rings. The van der Waals surface area contributed by atoms with Crippen LogP contribution in [0.25, 0.3) is 10.9 Å². The molecule has 2 aliphatic heterocycles. The molecule has 0 aliphatic carbocycles. The monoisotopic (exact) mass is 616 g/mol. The van der Waals surface area contributed by atoms with E-state index in [1.807, 2.05) is 32.9 Å². The number of piperazine rings is 1. The molecule has 0 spiro atoms. The molecule has 238 valence electrons. The molecule has 44 heavy (non-hydrogen) atoms. The van der Waals surface area contributed by atoms with E-state index in [4.69, 9.17) is 15.2 Å². The Morgan fingerprint density at radius 1 is 1.16 bits per heavy atom. The smallest absolute Gasteiger partial charge is 0.416 e. The summed E-state index contributed by atoms with van der Waals surface area (Å²) in [4.78, 5) is 25.0. The van der Waals surface area contributed by atoms with Gasteiger partial charge in [0, 0.05) is 37.1 Å². The number of carbonyl (C=O) groups is 1. The second-order valence-corrected chi connectivity index (χ2v) is 12.6. The molecule has 13 heteroatoms. The molecule has 4 N–H and O–H groups in total. The van der Waals surface area contributed by atoms with Crippen molar-refractivity contribution in [2.45, 2.75) is 65.4 Å². The lowest BCUT2D eigenvalue weighted by molar-refractivity contribution is -0.137. The minimum atomic E-state index is -4.53. The van der Waals surface area contributed by atoms with Crippen molar-refractivity contribution in [1.82, 2.24) is 14.9 Å². The number of nitrogens with two attached hydrogens (primary N) is 1. The summed E-state index contributed by atoms with van der Waals surface area (Å²) in [6.07, 6.45) is -4.92. The van der Waals surface area contributed by atoms with E-state index in [0.29, 0.717) is 66.7 Å². The zero-order valence-corrected chi connectivity index (χ0v) is 25.5. The van der Waals surface area contributed by atoms with E-state index in [9.17, 15) is 23.1 Å². The molecule has 1 aromatic heterocycles. The Hall–Kier alpha value is -4.00. The van der Waals surface area contributed by atoms with Gasteiger partial charge in [0.25, 0.3) is 0 Å². The van der Waals surface area contributed by atoms with Crippen molar-refractivity contribution in [3.8, 4) is 5.75 Å². The highest BCUT2D eigenvalue weighted by molar-refractivity contribution is 5.94. The van der Waals surface area contributed by atoms with Crippen LogP contribution in [0.4, 0.5) is 35.2 Å². The molecule has 2 aromatic carbocycles. The average Bonchev–Trinajstić information content (AvgIpc) is 3.44. The number of hydrogen-bond acceptors (Lipinski definition) is 8. The van der Waals surface area contributed by atoms with Crippen LogP contribution >= 0.6 is 0 Å². The summed E-state index contributed by atoms with van der Waals surface area (Å²) in [5.41, 5.74) is 6.48. The number of nitrogen functional groups attached to an aromatic ring is 1. The van der Waals surface area contributed by atoms with E-state index in [1.54, 1.807) is 13.8 Å². The number of rotatable bonds is 6. The summed E-state index contributed by atoms with van der Waals surface area (Å²) in [5, 5.41) is 13.8. The van der Waals surface area contributed by atoms with Crippen LogP contribution in [0.2, 0.25) is 0 Å². The zero-order valence-electron chi connectivity index (χ0n) is 25.5. The van der Waals surface area contributed by atoms with Gasteiger partial charge in [0.15, 0.2) is 0 Å². The number of fused-ring (bicyclic) bond motifs is 1. The Morgan fingerprint density at radius 2 is 1.91 bits per heavy atom. The molecule has 5 rings (SSSR count). The molecule has 3 atom stereocenters. The zero-order chi connectivity index (χ0) is 32.0. The Bertz CT molecular complexity index is 1540. The summed E-state index contributed by atoms with van der Waals surface area (Å²) < 4.78 is 52.5. The van der Waals surface area contributed by atoms with Crippen molar-refractivity contribution in [3.63, 3.8) is 0 Å². The first-order valence-corrected chi connectivity index (χ1v) is 14.7. The number of hydrogen-bond donors (Lipinski definition) is 3. The number of alkyl halides is 3. The summed E-state index contributed by atoms with van der Waals surface area (Å²) in [7, 11) is 0. The van der Waals surface area contributed by atoms with Gasteiger partial charge >= 0.3 is 12.3 Å². The van der Waals surface area contributed by atoms with E-state index >= 15 is 0 Å². The maximum absolute atomic E-state index is 13.5. The number of amides is 1. The Labute approximate surface area is 254 Å². The molecular formula is C31H39F3N6O4. The lowest BCUT2D eigenvalue weighted by Crippen LogP contribution is -2.59. The van der Waals surface area contributed by atoms with Gasteiger partial charge in [-0.3, -0.25) is 0 Å². The van der Waals surface area contributed by atoms with Crippen LogP contribution in [0, 0.1) is 12.3 Å². The standard InChI is InChI=1S/C31H39F3N6O4/c1-17(19-10-20(31(32,33)34)12-21(35)11-19)36-28-23-13-26(44-22-6-9-43-16-22)25(14-24(23)37-18(2)38-28)39-7-8-40(29(41)42)27(15-39)30(3,4)5/h10-14,17,22,27H,6-9,15-16,35H2,1-5H3,(H,41,42)(H,36,37,38)/t17-,22?,27?/m1/s1. The molecular weight excluding hydrogens is 577 g/mol. The fourth-order valence-electron chi connectivity index (χ4n) is 5.85. The van der Waals surface area contributed by atoms with Gasteiger partial charge in [0.05, 0.1) is 42.1 Å². The van der Waals surface area contributed by atoms with Crippen LogP contribution in [-0.2, 0) is 10.9 Å². The Kier molecular flexibility index (Phi) is 8.45. The Balaban J connectivity index is 1.55. The van der Waals surface area contributed by atoms with E-state index in [2.05, 4.69) is 20.2 Å². The van der Waals surface area contributed by atoms with Crippen molar-refractivity contribution in [2.75, 3.05) is 48.8 Å². The number of carboxylic acid groups (broad SMARTS) is 1. The number of aryl methyl sites for hydroxylation is 1. The second-order valence-electron chi connectivity index (χ2n) is 12.6. The van der Waals surface area contributed by atoms with Crippen molar-refractivity contribution in [3.05, 3.63) is 47.3 Å². The first kappa shape index (κ1) is 31.4. The van der Waals surface area contributed by atoms with Gasteiger partial charge in [-0.05, 0) is 55.2 Å². The Morgan fingerprint density at radius 3 is 2.55 bits per heavy atom. The van der Waals surface area contributed by atoms with Gasteiger partial charge in [-0.15, -0.1) is 0 Å². The summed E-state index contributed by atoms with van der Waals surface area (Å²) >= 11 is 0. The largest absolute Gasteiger partial charge is 0.486 e. The van der Waals surface area contributed by atoms with Crippen molar-refractivity contribution < 1.29 is 32.5 Å². The van der Waals surface area contributed by atoms with Crippen molar-refractivity contribution in [2.24, 2.45) is 5.41 Å². The number of benzene rings is 2. The van der Waals surface area contributed by atoms with Crippen LogP contribution in [0.3, 0.4) is 0 Å².